The van der Waals surface area contributed by atoms with E-state index in [-0.39, 0.29) is 0 Å². The van der Waals surface area contributed by atoms with Crippen LogP contribution in [0.2, 0.25) is 0 Å². The molecule has 0 saturated carbocycles. The Bertz CT molecular complexity index is 356. The number of rotatable bonds is 3. The lowest BCUT2D eigenvalue weighted by Crippen LogP contribution is -2.34. The van der Waals surface area contributed by atoms with Gasteiger partial charge in [0.05, 0.1) is 5.60 Å². The molecule has 0 aliphatic rings. The van der Waals surface area contributed by atoms with Crippen LogP contribution in [-0.4, -0.2) is 18.7 Å². The molecule has 0 aromatic heterocycles. The number of benzene rings is 1. The molecule has 2 N–H and O–H groups in total. The third-order valence-electron chi connectivity index (χ3n) is 2.94. The van der Waals surface area contributed by atoms with Gasteiger partial charge in [-0.25, -0.2) is 0 Å². The Morgan fingerprint density at radius 2 is 1.67 bits per heavy atom. The Morgan fingerprint density at radius 3 is 2.20 bits per heavy atom. The molecule has 1 rings (SSSR count). The molecule has 0 saturated heterocycles. The van der Waals surface area contributed by atoms with Gasteiger partial charge in [-0.15, -0.1) is 0 Å². The fourth-order valence-electron chi connectivity index (χ4n) is 1.98. The van der Waals surface area contributed by atoms with Crippen molar-refractivity contribution in [2.75, 3.05) is 13.6 Å². The minimum atomic E-state index is -0.794. The summed E-state index contributed by atoms with van der Waals surface area (Å²) in [5.41, 5.74) is 3.87. The fraction of sp³-hybridized carbons (Fsp3) is 0.538. The van der Waals surface area contributed by atoms with Crippen LogP contribution < -0.4 is 5.32 Å². The smallest absolute Gasteiger partial charge is 0.0994 e. The van der Waals surface area contributed by atoms with Crippen LogP contribution in [0.15, 0.2) is 12.1 Å². The highest BCUT2D eigenvalue weighted by atomic mass is 16.3. The molecule has 15 heavy (non-hydrogen) atoms. The minimum absolute atomic E-state index is 0.566. The molecule has 0 spiro atoms. The second kappa shape index (κ2) is 4.33. The summed E-state index contributed by atoms with van der Waals surface area (Å²) in [4.78, 5) is 0. The first-order chi connectivity index (χ1) is 6.88. The monoisotopic (exact) mass is 207 g/mol. The van der Waals surface area contributed by atoms with Gasteiger partial charge in [0.15, 0.2) is 0 Å². The SMILES string of the molecule is CNCC(C)(O)c1cc(C)c(C)cc1C. The third kappa shape index (κ3) is 2.58. The average Bonchev–Trinajstić information content (AvgIpc) is 2.11. The van der Waals surface area contributed by atoms with Crippen molar-refractivity contribution in [3.8, 4) is 0 Å². The van der Waals surface area contributed by atoms with E-state index in [0.717, 1.165) is 11.1 Å². The topological polar surface area (TPSA) is 32.3 Å². The Morgan fingerprint density at radius 1 is 1.13 bits per heavy atom. The summed E-state index contributed by atoms with van der Waals surface area (Å²) >= 11 is 0. The minimum Gasteiger partial charge on any atom is -0.384 e. The lowest BCUT2D eigenvalue weighted by atomic mass is 9.89. The van der Waals surface area contributed by atoms with E-state index < -0.39 is 5.60 Å². The molecule has 0 heterocycles. The summed E-state index contributed by atoms with van der Waals surface area (Å²) in [6, 6.07) is 4.22. The van der Waals surface area contributed by atoms with Crippen LogP contribution in [0.3, 0.4) is 0 Å². The van der Waals surface area contributed by atoms with Crippen molar-refractivity contribution in [1.82, 2.24) is 5.32 Å². The van der Waals surface area contributed by atoms with Gasteiger partial charge >= 0.3 is 0 Å². The van der Waals surface area contributed by atoms with E-state index in [1.165, 1.54) is 11.1 Å². The number of aliphatic hydroxyl groups is 1. The van der Waals surface area contributed by atoms with Crippen molar-refractivity contribution in [2.45, 2.75) is 33.3 Å². The molecule has 0 aliphatic carbocycles. The first-order valence-corrected chi connectivity index (χ1v) is 5.34. The molecule has 1 aromatic rings. The molecule has 2 heteroatoms. The van der Waals surface area contributed by atoms with Crippen molar-refractivity contribution < 1.29 is 5.11 Å². The number of hydrogen-bond donors (Lipinski definition) is 2. The maximum absolute atomic E-state index is 10.3. The molecule has 0 bridgehead atoms. The van der Waals surface area contributed by atoms with Gasteiger partial charge in [-0.3, -0.25) is 0 Å². The summed E-state index contributed by atoms with van der Waals surface area (Å²) in [6.45, 7) is 8.63. The molecule has 0 aliphatic heterocycles. The molecule has 1 aromatic carbocycles. The van der Waals surface area contributed by atoms with Gasteiger partial charge in [0.2, 0.25) is 0 Å². The average molecular weight is 207 g/mol. The van der Waals surface area contributed by atoms with E-state index >= 15 is 0 Å². The van der Waals surface area contributed by atoms with E-state index in [1.807, 2.05) is 20.9 Å². The van der Waals surface area contributed by atoms with Gasteiger partial charge < -0.3 is 10.4 Å². The quantitative estimate of drug-likeness (QED) is 0.795. The largest absolute Gasteiger partial charge is 0.384 e. The molecule has 84 valence electrons. The standard InChI is InChI=1S/C13H21NO/c1-9-6-11(3)12(7-10(9)2)13(4,15)8-14-5/h6-7,14-15H,8H2,1-5H3. The highest BCUT2D eigenvalue weighted by molar-refractivity contribution is 5.39. The van der Waals surface area contributed by atoms with Crippen molar-refractivity contribution in [1.29, 1.82) is 0 Å². The van der Waals surface area contributed by atoms with Gasteiger partial charge in [-0.1, -0.05) is 12.1 Å². The van der Waals surface area contributed by atoms with Crippen LogP contribution in [0.25, 0.3) is 0 Å². The number of aryl methyl sites for hydroxylation is 3. The van der Waals surface area contributed by atoms with Crippen LogP contribution >= 0.6 is 0 Å². The maximum Gasteiger partial charge on any atom is 0.0994 e. The second-order valence-corrected chi connectivity index (χ2v) is 4.56. The zero-order chi connectivity index (χ0) is 11.6. The first-order valence-electron chi connectivity index (χ1n) is 5.34. The first kappa shape index (κ1) is 12.2. The maximum atomic E-state index is 10.3. The van der Waals surface area contributed by atoms with Crippen molar-refractivity contribution in [3.05, 3.63) is 34.4 Å². The van der Waals surface area contributed by atoms with E-state index in [1.54, 1.807) is 0 Å². The highest BCUT2D eigenvalue weighted by Gasteiger charge is 2.24. The van der Waals surface area contributed by atoms with Crippen molar-refractivity contribution >= 4 is 0 Å². The summed E-state index contributed by atoms with van der Waals surface area (Å²) in [6.07, 6.45) is 0. The third-order valence-corrected chi connectivity index (χ3v) is 2.94. The van der Waals surface area contributed by atoms with Gasteiger partial charge in [-0.2, -0.15) is 0 Å². The zero-order valence-electron chi connectivity index (χ0n) is 10.3. The van der Waals surface area contributed by atoms with Crippen LogP contribution in [0.1, 0.15) is 29.2 Å². The van der Waals surface area contributed by atoms with E-state index in [4.69, 9.17) is 0 Å². The number of nitrogens with one attached hydrogen (secondary N) is 1. The molecular formula is C13H21NO. The summed E-state index contributed by atoms with van der Waals surface area (Å²) in [5, 5.41) is 13.3. The summed E-state index contributed by atoms with van der Waals surface area (Å²) < 4.78 is 0. The van der Waals surface area contributed by atoms with E-state index in [9.17, 15) is 5.11 Å². The molecule has 2 nitrogen and oxygen atoms in total. The summed E-state index contributed by atoms with van der Waals surface area (Å²) in [5.74, 6) is 0. The number of hydrogen-bond acceptors (Lipinski definition) is 2. The number of likely N-dealkylation sites (N-methyl/N-ethyl adjacent to an activating group) is 1. The van der Waals surface area contributed by atoms with Crippen LogP contribution in [0.4, 0.5) is 0 Å². The Balaban J connectivity index is 3.19. The van der Waals surface area contributed by atoms with Crippen LogP contribution in [0, 0.1) is 20.8 Å². The Kier molecular flexibility index (Phi) is 3.53. The second-order valence-electron chi connectivity index (χ2n) is 4.56. The van der Waals surface area contributed by atoms with Crippen LogP contribution in [-0.2, 0) is 5.60 Å². The van der Waals surface area contributed by atoms with Crippen molar-refractivity contribution in [3.63, 3.8) is 0 Å². The lowest BCUT2D eigenvalue weighted by Gasteiger charge is -2.26. The predicted octanol–water partition coefficient (Wildman–Crippen LogP) is 2.04. The molecular weight excluding hydrogens is 186 g/mol. The van der Waals surface area contributed by atoms with E-state index in [0.29, 0.717) is 6.54 Å². The van der Waals surface area contributed by atoms with Gasteiger partial charge in [0.25, 0.3) is 0 Å². The normalized spacial score (nSPS) is 15.1. The molecule has 1 unspecified atom stereocenters. The van der Waals surface area contributed by atoms with E-state index in [2.05, 4.69) is 31.3 Å². The zero-order valence-corrected chi connectivity index (χ0v) is 10.3. The predicted molar refractivity (Wildman–Crippen MR) is 64.2 cm³/mol. The molecule has 1 atom stereocenters. The molecule has 0 amide bonds. The van der Waals surface area contributed by atoms with Gasteiger partial charge in [0.1, 0.15) is 0 Å². The Labute approximate surface area is 92.3 Å². The lowest BCUT2D eigenvalue weighted by molar-refractivity contribution is 0.0584. The molecule has 0 radical (unpaired) electrons. The summed E-state index contributed by atoms with van der Waals surface area (Å²) in [7, 11) is 1.85. The highest BCUT2D eigenvalue weighted by Crippen LogP contribution is 2.26. The van der Waals surface area contributed by atoms with Gasteiger partial charge in [-0.05, 0) is 57.0 Å². The van der Waals surface area contributed by atoms with Gasteiger partial charge in [0, 0.05) is 6.54 Å². The van der Waals surface area contributed by atoms with Crippen LogP contribution in [0.5, 0.6) is 0 Å². The Hall–Kier alpha value is -0.860. The fourth-order valence-corrected chi connectivity index (χ4v) is 1.98. The molecule has 0 fully saturated rings. The van der Waals surface area contributed by atoms with Crippen molar-refractivity contribution in [2.24, 2.45) is 0 Å².